The Morgan fingerprint density at radius 3 is 2.48 bits per heavy atom. The van der Waals surface area contributed by atoms with Gasteiger partial charge in [-0.25, -0.2) is 4.98 Å². The number of para-hydroxylation sites is 1. The van der Waals surface area contributed by atoms with E-state index in [9.17, 15) is 9.59 Å². The average molecular weight is 355 g/mol. The van der Waals surface area contributed by atoms with Crippen LogP contribution in [0.15, 0.2) is 67.1 Å². The molecule has 0 fully saturated rings. The number of hydrogen-bond acceptors (Lipinski definition) is 3. The van der Waals surface area contributed by atoms with E-state index in [-0.39, 0.29) is 12.3 Å². The zero-order valence-electron chi connectivity index (χ0n) is 13.1. The second kappa shape index (κ2) is 7.63. The third kappa shape index (κ3) is 4.05. The number of imidazole rings is 1. The van der Waals surface area contributed by atoms with Gasteiger partial charge < -0.3 is 0 Å². The molecule has 0 aliphatic rings. The monoisotopic (exact) mass is 354 g/mol. The van der Waals surface area contributed by atoms with E-state index in [0.717, 1.165) is 5.69 Å². The van der Waals surface area contributed by atoms with Crippen molar-refractivity contribution >= 4 is 23.4 Å². The maximum absolute atomic E-state index is 12.3. The molecule has 3 aromatic rings. The Morgan fingerprint density at radius 1 is 1.00 bits per heavy atom. The molecule has 2 N–H and O–H groups in total. The standard InChI is InChI=1S/C18H15ClN4O2/c19-15-9-5-4-6-13(15)10-17(24)21-22-18(25)16-11-20-12-23(16)14-7-2-1-3-8-14/h1-9,11-12H,10H2,(H,21,24)(H,22,25). The highest BCUT2D eigenvalue weighted by atomic mass is 35.5. The van der Waals surface area contributed by atoms with Crippen molar-refractivity contribution in [2.24, 2.45) is 0 Å². The van der Waals surface area contributed by atoms with E-state index in [1.54, 1.807) is 28.8 Å². The molecule has 0 unspecified atom stereocenters. The van der Waals surface area contributed by atoms with Crippen LogP contribution in [0.2, 0.25) is 5.02 Å². The summed E-state index contributed by atoms with van der Waals surface area (Å²) in [5.74, 6) is -0.832. The molecule has 25 heavy (non-hydrogen) atoms. The van der Waals surface area contributed by atoms with E-state index in [4.69, 9.17) is 11.6 Å². The molecule has 2 amide bonds. The lowest BCUT2D eigenvalue weighted by molar-refractivity contribution is -0.121. The van der Waals surface area contributed by atoms with Crippen LogP contribution in [0.4, 0.5) is 0 Å². The van der Waals surface area contributed by atoms with Crippen LogP contribution in [0.5, 0.6) is 0 Å². The average Bonchev–Trinajstić information content (AvgIpc) is 3.12. The number of halogens is 1. The summed E-state index contributed by atoms with van der Waals surface area (Å²) >= 11 is 6.02. The summed E-state index contributed by atoms with van der Waals surface area (Å²) in [6, 6.07) is 16.4. The van der Waals surface area contributed by atoms with Gasteiger partial charge in [0.2, 0.25) is 5.91 Å². The summed E-state index contributed by atoms with van der Waals surface area (Å²) in [6.07, 6.45) is 3.04. The Balaban J connectivity index is 1.63. The summed E-state index contributed by atoms with van der Waals surface area (Å²) in [5.41, 5.74) is 6.57. The molecule has 6 nitrogen and oxygen atoms in total. The van der Waals surface area contributed by atoms with Crippen molar-refractivity contribution in [3.05, 3.63) is 83.4 Å². The third-order valence-corrected chi connectivity index (χ3v) is 3.90. The number of nitrogens with one attached hydrogen (secondary N) is 2. The van der Waals surface area contributed by atoms with Crippen molar-refractivity contribution < 1.29 is 9.59 Å². The zero-order chi connectivity index (χ0) is 17.6. The minimum absolute atomic E-state index is 0.0674. The topological polar surface area (TPSA) is 76.0 Å². The van der Waals surface area contributed by atoms with Gasteiger partial charge in [0.25, 0.3) is 5.91 Å². The summed E-state index contributed by atoms with van der Waals surface area (Å²) in [6.45, 7) is 0. The van der Waals surface area contributed by atoms with Crippen molar-refractivity contribution in [1.29, 1.82) is 0 Å². The van der Waals surface area contributed by atoms with Gasteiger partial charge >= 0.3 is 0 Å². The Morgan fingerprint density at radius 2 is 1.72 bits per heavy atom. The zero-order valence-corrected chi connectivity index (χ0v) is 13.9. The predicted octanol–water partition coefficient (Wildman–Crippen LogP) is 2.53. The first-order valence-electron chi connectivity index (χ1n) is 7.55. The molecule has 2 aromatic carbocycles. The fourth-order valence-electron chi connectivity index (χ4n) is 2.31. The Hall–Kier alpha value is -3.12. The normalized spacial score (nSPS) is 10.3. The fraction of sp³-hybridized carbons (Fsp3) is 0.0556. The van der Waals surface area contributed by atoms with Crippen LogP contribution < -0.4 is 10.9 Å². The number of carbonyl (C=O) groups excluding carboxylic acids is 2. The molecule has 1 aromatic heterocycles. The lowest BCUT2D eigenvalue weighted by Gasteiger charge is -2.10. The van der Waals surface area contributed by atoms with Gasteiger partial charge in [-0.15, -0.1) is 0 Å². The van der Waals surface area contributed by atoms with Crippen LogP contribution in [-0.4, -0.2) is 21.4 Å². The summed E-state index contributed by atoms with van der Waals surface area (Å²) < 4.78 is 1.63. The number of amides is 2. The van der Waals surface area contributed by atoms with Crippen LogP contribution in [-0.2, 0) is 11.2 Å². The second-order valence-electron chi connectivity index (χ2n) is 5.25. The van der Waals surface area contributed by atoms with E-state index in [2.05, 4.69) is 15.8 Å². The molecule has 126 valence electrons. The first kappa shape index (κ1) is 16.7. The van der Waals surface area contributed by atoms with Gasteiger partial charge in [-0.3, -0.25) is 25.0 Å². The van der Waals surface area contributed by atoms with E-state index in [1.165, 1.54) is 12.5 Å². The van der Waals surface area contributed by atoms with Crippen LogP contribution in [0, 0.1) is 0 Å². The molecule has 0 bridgehead atoms. The highest BCUT2D eigenvalue weighted by molar-refractivity contribution is 6.31. The third-order valence-electron chi connectivity index (χ3n) is 3.53. The molecule has 0 aliphatic carbocycles. The van der Waals surface area contributed by atoms with Gasteiger partial charge in [0.15, 0.2) is 0 Å². The minimum Gasteiger partial charge on any atom is -0.295 e. The number of nitrogens with zero attached hydrogens (tertiary/aromatic N) is 2. The van der Waals surface area contributed by atoms with Crippen molar-refractivity contribution in [1.82, 2.24) is 20.4 Å². The Labute approximate surface area is 149 Å². The summed E-state index contributed by atoms with van der Waals surface area (Å²) in [5, 5.41) is 0.506. The van der Waals surface area contributed by atoms with Gasteiger partial charge in [0.05, 0.1) is 18.9 Å². The fourth-order valence-corrected chi connectivity index (χ4v) is 2.51. The van der Waals surface area contributed by atoms with Crippen LogP contribution in [0.25, 0.3) is 5.69 Å². The summed E-state index contributed by atoms with van der Waals surface area (Å²) in [4.78, 5) is 28.3. The van der Waals surface area contributed by atoms with E-state index in [0.29, 0.717) is 16.3 Å². The molecular weight excluding hydrogens is 340 g/mol. The van der Waals surface area contributed by atoms with Gasteiger partial charge in [-0.2, -0.15) is 0 Å². The van der Waals surface area contributed by atoms with Crippen LogP contribution >= 0.6 is 11.6 Å². The molecule has 1 heterocycles. The first-order chi connectivity index (χ1) is 12.1. The number of hydrogen-bond donors (Lipinski definition) is 2. The first-order valence-corrected chi connectivity index (χ1v) is 7.93. The van der Waals surface area contributed by atoms with Gasteiger partial charge in [0, 0.05) is 10.7 Å². The molecule has 0 radical (unpaired) electrons. The predicted molar refractivity (Wildman–Crippen MR) is 94.3 cm³/mol. The second-order valence-corrected chi connectivity index (χ2v) is 5.66. The lowest BCUT2D eigenvalue weighted by Crippen LogP contribution is -2.43. The Kier molecular flexibility index (Phi) is 5.11. The molecule has 7 heteroatoms. The molecule has 3 rings (SSSR count). The van der Waals surface area contributed by atoms with Crippen LogP contribution in [0.1, 0.15) is 16.1 Å². The summed E-state index contributed by atoms with van der Waals surface area (Å²) in [7, 11) is 0. The Bertz CT molecular complexity index is 893. The van der Waals surface area contributed by atoms with Crippen molar-refractivity contribution in [2.75, 3.05) is 0 Å². The number of hydrazine groups is 1. The molecule has 0 aliphatic heterocycles. The number of rotatable bonds is 4. The minimum atomic E-state index is -0.464. The van der Waals surface area contributed by atoms with Gasteiger partial charge in [-0.1, -0.05) is 48.0 Å². The van der Waals surface area contributed by atoms with E-state index < -0.39 is 5.91 Å². The van der Waals surface area contributed by atoms with E-state index >= 15 is 0 Å². The van der Waals surface area contributed by atoms with Crippen LogP contribution in [0.3, 0.4) is 0 Å². The number of carbonyl (C=O) groups is 2. The maximum atomic E-state index is 12.3. The molecule has 0 spiro atoms. The smallest absolute Gasteiger partial charge is 0.288 e. The quantitative estimate of drug-likeness (QED) is 0.707. The number of benzene rings is 2. The van der Waals surface area contributed by atoms with E-state index in [1.807, 2.05) is 30.3 Å². The molecular formula is C18H15ClN4O2. The van der Waals surface area contributed by atoms with Crippen molar-refractivity contribution in [3.63, 3.8) is 0 Å². The van der Waals surface area contributed by atoms with Crippen molar-refractivity contribution in [2.45, 2.75) is 6.42 Å². The largest absolute Gasteiger partial charge is 0.295 e. The lowest BCUT2D eigenvalue weighted by atomic mass is 10.1. The highest BCUT2D eigenvalue weighted by Crippen LogP contribution is 2.15. The highest BCUT2D eigenvalue weighted by Gasteiger charge is 2.14. The van der Waals surface area contributed by atoms with Gasteiger partial charge in [0.1, 0.15) is 5.69 Å². The molecule has 0 saturated carbocycles. The molecule has 0 atom stereocenters. The molecule has 0 saturated heterocycles. The SMILES string of the molecule is O=C(Cc1ccccc1Cl)NNC(=O)c1cncn1-c1ccccc1. The van der Waals surface area contributed by atoms with Gasteiger partial charge in [-0.05, 0) is 23.8 Å². The maximum Gasteiger partial charge on any atom is 0.288 e. The number of aromatic nitrogens is 2. The van der Waals surface area contributed by atoms with Crippen molar-refractivity contribution in [3.8, 4) is 5.69 Å².